The number of hydrogen-bond donors (Lipinski definition) is 1. The molecule has 0 bridgehead atoms. The molecule has 2 N–H and O–H groups in total. The second-order valence-corrected chi connectivity index (χ2v) is 3.90. The maximum absolute atomic E-state index is 11.6. The van der Waals surface area contributed by atoms with E-state index in [0.717, 1.165) is 5.75 Å². The van der Waals surface area contributed by atoms with Crippen molar-refractivity contribution in [3.8, 4) is 11.5 Å². The van der Waals surface area contributed by atoms with Crippen LogP contribution in [0.1, 0.15) is 6.92 Å². The zero-order chi connectivity index (χ0) is 13.4. The van der Waals surface area contributed by atoms with Crippen LogP contribution in [0.3, 0.4) is 0 Å². The average Bonchev–Trinajstić information content (AvgIpc) is 2.32. The first-order valence-corrected chi connectivity index (χ1v) is 5.98. The zero-order valence-corrected chi connectivity index (χ0v) is 10.9. The highest BCUT2D eigenvalue weighted by Crippen LogP contribution is 2.17. The normalized spacial score (nSPS) is 10.4. The van der Waals surface area contributed by atoms with Crippen LogP contribution < -0.4 is 15.2 Å². The minimum Gasteiger partial charge on any atom is -0.494 e. The van der Waals surface area contributed by atoms with Crippen molar-refractivity contribution in [2.75, 3.05) is 33.3 Å². The van der Waals surface area contributed by atoms with Crippen LogP contribution >= 0.6 is 0 Å². The summed E-state index contributed by atoms with van der Waals surface area (Å²) in [5.41, 5.74) is 5.40. The zero-order valence-electron chi connectivity index (χ0n) is 10.9. The first kappa shape index (κ1) is 14.5. The fraction of sp³-hybridized carbons (Fsp3) is 0.462. The average molecular weight is 252 g/mol. The van der Waals surface area contributed by atoms with E-state index in [2.05, 4.69) is 0 Å². The van der Waals surface area contributed by atoms with Gasteiger partial charge in [-0.25, -0.2) is 0 Å². The van der Waals surface area contributed by atoms with Gasteiger partial charge in [-0.2, -0.15) is 0 Å². The lowest BCUT2D eigenvalue weighted by molar-refractivity contribution is -0.135. The van der Waals surface area contributed by atoms with E-state index in [0.29, 0.717) is 25.4 Å². The Labute approximate surface area is 107 Å². The summed E-state index contributed by atoms with van der Waals surface area (Å²) in [6, 6.07) is 6.98. The molecule has 0 unspecified atom stereocenters. The molecule has 0 aliphatic carbocycles. The van der Waals surface area contributed by atoms with Crippen LogP contribution in [0.2, 0.25) is 0 Å². The Morgan fingerprint density at radius 3 is 2.44 bits per heavy atom. The molecule has 100 valence electrons. The highest BCUT2D eigenvalue weighted by Gasteiger charge is 2.08. The molecule has 1 aromatic carbocycles. The fourth-order valence-corrected chi connectivity index (χ4v) is 1.45. The lowest BCUT2D eigenvalue weighted by Gasteiger charge is -2.14. The second-order valence-electron chi connectivity index (χ2n) is 3.90. The summed E-state index contributed by atoms with van der Waals surface area (Å²) in [4.78, 5) is 13.4. The smallest absolute Gasteiger partial charge is 0.325 e. The SMILES string of the molecule is CCOc1ccc(OC(=O)CN(C)CCN)cc1. The molecular weight excluding hydrogens is 232 g/mol. The monoisotopic (exact) mass is 252 g/mol. The number of nitrogens with two attached hydrogens (primary N) is 1. The van der Waals surface area contributed by atoms with Gasteiger partial charge in [0, 0.05) is 13.1 Å². The van der Waals surface area contributed by atoms with Gasteiger partial charge in [-0.1, -0.05) is 0 Å². The van der Waals surface area contributed by atoms with E-state index in [9.17, 15) is 4.79 Å². The van der Waals surface area contributed by atoms with E-state index >= 15 is 0 Å². The number of hydrogen-bond acceptors (Lipinski definition) is 5. The first-order valence-electron chi connectivity index (χ1n) is 5.98. The second kappa shape index (κ2) is 7.68. The number of benzene rings is 1. The Hall–Kier alpha value is -1.59. The third-order valence-corrected chi connectivity index (χ3v) is 2.28. The molecule has 18 heavy (non-hydrogen) atoms. The van der Waals surface area contributed by atoms with Crippen LogP contribution in [-0.4, -0.2) is 44.2 Å². The van der Waals surface area contributed by atoms with Crippen molar-refractivity contribution in [3.05, 3.63) is 24.3 Å². The van der Waals surface area contributed by atoms with Gasteiger partial charge in [-0.3, -0.25) is 9.69 Å². The third kappa shape index (κ3) is 5.16. The van der Waals surface area contributed by atoms with Gasteiger partial charge in [0.2, 0.25) is 0 Å². The van der Waals surface area contributed by atoms with Crippen molar-refractivity contribution < 1.29 is 14.3 Å². The molecule has 5 heteroatoms. The topological polar surface area (TPSA) is 64.8 Å². The molecule has 0 aromatic heterocycles. The van der Waals surface area contributed by atoms with Gasteiger partial charge in [-0.15, -0.1) is 0 Å². The third-order valence-electron chi connectivity index (χ3n) is 2.28. The molecule has 5 nitrogen and oxygen atoms in total. The molecule has 0 radical (unpaired) electrons. The van der Waals surface area contributed by atoms with Crippen LogP contribution in [0.4, 0.5) is 0 Å². The van der Waals surface area contributed by atoms with Crippen LogP contribution in [0, 0.1) is 0 Å². The van der Waals surface area contributed by atoms with Crippen molar-refractivity contribution in [1.82, 2.24) is 4.90 Å². The van der Waals surface area contributed by atoms with Gasteiger partial charge in [0.05, 0.1) is 13.2 Å². The summed E-state index contributed by atoms with van der Waals surface area (Å²) in [5.74, 6) is 0.984. The molecule has 0 saturated heterocycles. The molecular formula is C13H20N2O3. The van der Waals surface area contributed by atoms with Crippen LogP contribution in [0.15, 0.2) is 24.3 Å². The van der Waals surface area contributed by atoms with Crippen molar-refractivity contribution in [1.29, 1.82) is 0 Å². The highest BCUT2D eigenvalue weighted by molar-refractivity contribution is 5.74. The molecule has 1 rings (SSSR count). The van der Waals surface area contributed by atoms with Gasteiger partial charge in [0.1, 0.15) is 11.5 Å². The number of carbonyl (C=O) groups is 1. The Balaban J connectivity index is 2.44. The van der Waals surface area contributed by atoms with Crippen molar-refractivity contribution in [2.24, 2.45) is 5.73 Å². The summed E-state index contributed by atoms with van der Waals surface area (Å²) in [5, 5.41) is 0. The summed E-state index contributed by atoms with van der Waals surface area (Å²) >= 11 is 0. The number of ether oxygens (including phenoxy) is 2. The molecule has 0 saturated carbocycles. The molecule has 0 spiro atoms. The fourth-order valence-electron chi connectivity index (χ4n) is 1.45. The Morgan fingerprint density at radius 1 is 1.28 bits per heavy atom. The largest absolute Gasteiger partial charge is 0.494 e. The molecule has 0 aliphatic heterocycles. The molecule has 0 fully saturated rings. The minimum absolute atomic E-state index is 0.227. The molecule has 1 aromatic rings. The van der Waals surface area contributed by atoms with E-state index in [1.165, 1.54) is 0 Å². The van der Waals surface area contributed by atoms with E-state index in [4.69, 9.17) is 15.2 Å². The molecule has 0 heterocycles. The summed E-state index contributed by atoms with van der Waals surface area (Å²) in [6.45, 7) is 3.94. The van der Waals surface area contributed by atoms with Crippen molar-refractivity contribution in [3.63, 3.8) is 0 Å². The van der Waals surface area contributed by atoms with Gasteiger partial charge in [0.15, 0.2) is 0 Å². The predicted octanol–water partition coefficient (Wildman–Crippen LogP) is 0.881. The van der Waals surface area contributed by atoms with Crippen molar-refractivity contribution >= 4 is 5.97 Å². The number of carbonyl (C=O) groups excluding carboxylic acids is 1. The quantitative estimate of drug-likeness (QED) is 0.576. The van der Waals surface area contributed by atoms with E-state index in [-0.39, 0.29) is 12.5 Å². The van der Waals surface area contributed by atoms with E-state index in [1.54, 1.807) is 24.3 Å². The summed E-state index contributed by atoms with van der Waals surface area (Å²) in [6.07, 6.45) is 0. The Bertz CT molecular complexity index is 365. The van der Waals surface area contributed by atoms with Gasteiger partial charge in [0.25, 0.3) is 0 Å². The molecule has 0 amide bonds. The number of rotatable bonds is 7. The van der Waals surface area contributed by atoms with Gasteiger partial charge < -0.3 is 15.2 Å². The number of likely N-dealkylation sites (N-methyl/N-ethyl adjacent to an activating group) is 1. The standard InChI is InChI=1S/C13H20N2O3/c1-3-17-11-4-6-12(7-5-11)18-13(16)10-15(2)9-8-14/h4-7H,3,8-10,14H2,1-2H3. The lowest BCUT2D eigenvalue weighted by Crippen LogP contribution is -2.32. The predicted molar refractivity (Wildman–Crippen MR) is 69.8 cm³/mol. The van der Waals surface area contributed by atoms with E-state index < -0.39 is 0 Å². The van der Waals surface area contributed by atoms with Crippen LogP contribution in [0.5, 0.6) is 11.5 Å². The van der Waals surface area contributed by atoms with Crippen LogP contribution in [-0.2, 0) is 4.79 Å². The van der Waals surface area contributed by atoms with Gasteiger partial charge >= 0.3 is 5.97 Å². The minimum atomic E-state index is -0.296. The van der Waals surface area contributed by atoms with Crippen molar-refractivity contribution in [2.45, 2.75) is 6.92 Å². The molecule has 0 aliphatic rings. The summed E-state index contributed by atoms with van der Waals surface area (Å²) in [7, 11) is 1.83. The first-order chi connectivity index (χ1) is 8.65. The Morgan fingerprint density at radius 2 is 1.89 bits per heavy atom. The maximum Gasteiger partial charge on any atom is 0.325 e. The van der Waals surface area contributed by atoms with Gasteiger partial charge in [-0.05, 0) is 38.2 Å². The lowest BCUT2D eigenvalue weighted by atomic mass is 10.3. The molecule has 0 atom stereocenters. The number of nitrogens with zero attached hydrogens (tertiary/aromatic N) is 1. The maximum atomic E-state index is 11.6. The summed E-state index contributed by atoms with van der Waals surface area (Å²) < 4.78 is 10.5. The Kier molecular flexibility index (Phi) is 6.18. The van der Waals surface area contributed by atoms with Crippen LogP contribution in [0.25, 0.3) is 0 Å². The highest BCUT2D eigenvalue weighted by atomic mass is 16.5. The number of esters is 1. The van der Waals surface area contributed by atoms with E-state index in [1.807, 2.05) is 18.9 Å².